The van der Waals surface area contributed by atoms with E-state index >= 15 is 0 Å². The molecule has 0 spiro atoms. The Morgan fingerprint density at radius 1 is 1.53 bits per heavy atom. The zero-order valence-corrected chi connectivity index (χ0v) is 11.1. The van der Waals surface area contributed by atoms with Crippen molar-refractivity contribution in [1.29, 1.82) is 0 Å². The van der Waals surface area contributed by atoms with E-state index in [1.807, 2.05) is 18.5 Å². The lowest BCUT2D eigenvalue weighted by molar-refractivity contribution is 0.0857. The van der Waals surface area contributed by atoms with Gasteiger partial charge in [0, 0.05) is 43.6 Å². The topological polar surface area (TPSA) is 28.2 Å². The summed E-state index contributed by atoms with van der Waals surface area (Å²) in [5.74, 6) is 0. The van der Waals surface area contributed by atoms with E-state index in [4.69, 9.17) is 0 Å². The molecule has 1 aromatic heterocycles. The second-order valence-corrected chi connectivity index (χ2v) is 5.59. The first-order valence-electron chi connectivity index (χ1n) is 6.49. The van der Waals surface area contributed by atoms with Crippen LogP contribution in [0, 0.1) is 0 Å². The Hall–Kier alpha value is -0.930. The van der Waals surface area contributed by atoms with Crippen LogP contribution >= 0.6 is 0 Å². The minimum Gasteiger partial charge on any atom is -0.309 e. The van der Waals surface area contributed by atoms with Gasteiger partial charge in [-0.25, -0.2) is 0 Å². The number of piperazine rings is 1. The highest BCUT2D eigenvalue weighted by atomic mass is 15.2. The van der Waals surface area contributed by atoms with Crippen LogP contribution in [0.1, 0.15) is 32.8 Å². The SMILES string of the molecule is CCC1CNC(C)(C)CN1Cc1cccnc1. The van der Waals surface area contributed by atoms with Gasteiger partial charge in [-0.15, -0.1) is 0 Å². The normalized spacial score (nSPS) is 24.8. The van der Waals surface area contributed by atoms with Crippen molar-refractivity contribution >= 4 is 0 Å². The van der Waals surface area contributed by atoms with Gasteiger partial charge in [0.1, 0.15) is 0 Å². The van der Waals surface area contributed by atoms with Crippen LogP contribution in [0.15, 0.2) is 24.5 Å². The second-order valence-electron chi connectivity index (χ2n) is 5.59. The van der Waals surface area contributed by atoms with Crippen LogP contribution in [-0.4, -0.2) is 34.6 Å². The van der Waals surface area contributed by atoms with Crippen LogP contribution < -0.4 is 5.32 Å². The van der Waals surface area contributed by atoms with Gasteiger partial charge in [0.15, 0.2) is 0 Å². The van der Waals surface area contributed by atoms with Gasteiger partial charge in [-0.3, -0.25) is 9.88 Å². The minimum atomic E-state index is 0.216. The Kier molecular flexibility index (Phi) is 3.79. The van der Waals surface area contributed by atoms with E-state index < -0.39 is 0 Å². The summed E-state index contributed by atoms with van der Waals surface area (Å²) in [6.45, 7) is 10.0. The van der Waals surface area contributed by atoms with Crippen molar-refractivity contribution in [2.24, 2.45) is 0 Å². The molecule has 1 N–H and O–H groups in total. The van der Waals surface area contributed by atoms with Crippen LogP contribution in [0.4, 0.5) is 0 Å². The summed E-state index contributed by atoms with van der Waals surface area (Å²) >= 11 is 0. The molecule has 1 aliphatic rings. The average molecular weight is 233 g/mol. The molecule has 0 aromatic carbocycles. The molecule has 0 bridgehead atoms. The number of hydrogen-bond donors (Lipinski definition) is 1. The summed E-state index contributed by atoms with van der Waals surface area (Å²) in [4.78, 5) is 6.77. The molecule has 94 valence electrons. The summed E-state index contributed by atoms with van der Waals surface area (Å²) in [6, 6.07) is 4.82. The van der Waals surface area contributed by atoms with Crippen LogP contribution in [0.3, 0.4) is 0 Å². The highest BCUT2D eigenvalue weighted by Gasteiger charge is 2.31. The first kappa shape index (κ1) is 12.5. The number of nitrogens with one attached hydrogen (secondary N) is 1. The maximum Gasteiger partial charge on any atom is 0.0312 e. The second kappa shape index (κ2) is 5.15. The fraction of sp³-hybridized carbons (Fsp3) is 0.643. The molecule has 1 aliphatic heterocycles. The maximum absolute atomic E-state index is 4.20. The van der Waals surface area contributed by atoms with Gasteiger partial charge in [0.25, 0.3) is 0 Å². The Morgan fingerprint density at radius 3 is 3.00 bits per heavy atom. The first-order valence-corrected chi connectivity index (χ1v) is 6.49. The Balaban J connectivity index is 2.06. The summed E-state index contributed by atoms with van der Waals surface area (Å²) in [5.41, 5.74) is 1.53. The molecule has 0 aliphatic carbocycles. The van der Waals surface area contributed by atoms with Gasteiger partial charge in [-0.1, -0.05) is 13.0 Å². The first-order chi connectivity index (χ1) is 8.11. The van der Waals surface area contributed by atoms with Crippen molar-refractivity contribution in [3.63, 3.8) is 0 Å². The Labute approximate surface area is 104 Å². The van der Waals surface area contributed by atoms with Crippen molar-refractivity contribution in [1.82, 2.24) is 15.2 Å². The summed E-state index contributed by atoms with van der Waals surface area (Å²) in [7, 11) is 0. The van der Waals surface area contributed by atoms with Crippen molar-refractivity contribution in [2.45, 2.75) is 45.3 Å². The standard InChI is InChI=1S/C14H23N3/c1-4-13-9-16-14(2,3)11-17(13)10-12-6-5-7-15-8-12/h5-8,13,16H,4,9-11H2,1-3H3. The molecule has 1 aromatic rings. The molecule has 3 heteroatoms. The van der Waals surface area contributed by atoms with Gasteiger partial charge < -0.3 is 5.32 Å². The average Bonchev–Trinajstić information content (AvgIpc) is 2.30. The number of nitrogens with zero attached hydrogens (tertiary/aromatic N) is 2. The van der Waals surface area contributed by atoms with Crippen LogP contribution in [0.2, 0.25) is 0 Å². The predicted molar refractivity (Wildman–Crippen MR) is 70.8 cm³/mol. The van der Waals surface area contributed by atoms with E-state index in [2.05, 4.69) is 42.0 Å². The zero-order chi connectivity index (χ0) is 12.3. The third-order valence-electron chi connectivity index (χ3n) is 3.51. The lowest BCUT2D eigenvalue weighted by atomic mass is 9.97. The van der Waals surface area contributed by atoms with E-state index in [0.29, 0.717) is 6.04 Å². The molecule has 1 unspecified atom stereocenters. The van der Waals surface area contributed by atoms with Gasteiger partial charge in [0.05, 0.1) is 0 Å². The molecule has 2 heterocycles. The largest absolute Gasteiger partial charge is 0.309 e. The fourth-order valence-electron chi connectivity index (χ4n) is 2.53. The van der Waals surface area contributed by atoms with Crippen LogP contribution in [0.5, 0.6) is 0 Å². The third kappa shape index (κ3) is 3.27. The maximum atomic E-state index is 4.20. The summed E-state index contributed by atoms with van der Waals surface area (Å²) in [5, 5.41) is 3.62. The summed E-state index contributed by atoms with van der Waals surface area (Å²) < 4.78 is 0. The molecule has 1 saturated heterocycles. The van der Waals surface area contributed by atoms with Gasteiger partial charge in [-0.2, -0.15) is 0 Å². The molecular formula is C14H23N3. The highest BCUT2D eigenvalue weighted by Crippen LogP contribution is 2.19. The summed E-state index contributed by atoms with van der Waals surface area (Å²) in [6.07, 6.45) is 5.01. The fourth-order valence-corrected chi connectivity index (χ4v) is 2.53. The molecule has 0 radical (unpaired) electrons. The Morgan fingerprint density at radius 2 is 2.35 bits per heavy atom. The molecule has 3 nitrogen and oxygen atoms in total. The number of aromatic nitrogens is 1. The van der Waals surface area contributed by atoms with E-state index in [0.717, 1.165) is 19.6 Å². The molecule has 1 atom stereocenters. The lowest BCUT2D eigenvalue weighted by Crippen LogP contribution is -2.60. The third-order valence-corrected chi connectivity index (χ3v) is 3.51. The molecule has 2 rings (SSSR count). The van der Waals surface area contributed by atoms with Gasteiger partial charge >= 0.3 is 0 Å². The van der Waals surface area contributed by atoms with Crippen molar-refractivity contribution in [3.8, 4) is 0 Å². The van der Waals surface area contributed by atoms with E-state index in [1.54, 1.807) is 0 Å². The molecule has 0 saturated carbocycles. The van der Waals surface area contributed by atoms with Gasteiger partial charge in [0.2, 0.25) is 0 Å². The molecular weight excluding hydrogens is 210 g/mol. The highest BCUT2D eigenvalue weighted by molar-refractivity contribution is 5.09. The molecule has 0 amide bonds. The van der Waals surface area contributed by atoms with Crippen molar-refractivity contribution < 1.29 is 0 Å². The number of rotatable bonds is 3. The van der Waals surface area contributed by atoms with Crippen LogP contribution in [-0.2, 0) is 6.54 Å². The van der Waals surface area contributed by atoms with Crippen LogP contribution in [0.25, 0.3) is 0 Å². The van der Waals surface area contributed by atoms with Gasteiger partial charge in [-0.05, 0) is 31.9 Å². The Bertz CT molecular complexity index is 348. The van der Waals surface area contributed by atoms with E-state index in [-0.39, 0.29) is 5.54 Å². The molecule has 1 fully saturated rings. The van der Waals surface area contributed by atoms with Crippen molar-refractivity contribution in [3.05, 3.63) is 30.1 Å². The smallest absolute Gasteiger partial charge is 0.0312 e. The van der Waals surface area contributed by atoms with E-state index in [9.17, 15) is 0 Å². The lowest BCUT2D eigenvalue weighted by Gasteiger charge is -2.44. The van der Waals surface area contributed by atoms with E-state index in [1.165, 1.54) is 12.0 Å². The predicted octanol–water partition coefficient (Wildman–Crippen LogP) is 2.04. The monoisotopic (exact) mass is 233 g/mol. The zero-order valence-electron chi connectivity index (χ0n) is 11.1. The van der Waals surface area contributed by atoms with Crippen molar-refractivity contribution in [2.75, 3.05) is 13.1 Å². The quantitative estimate of drug-likeness (QED) is 0.866. The number of pyridine rings is 1. The minimum absolute atomic E-state index is 0.216. The number of hydrogen-bond acceptors (Lipinski definition) is 3. The molecule has 17 heavy (non-hydrogen) atoms.